The van der Waals surface area contributed by atoms with Crippen LogP contribution in [-0.4, -0.2) is 30.6 Å². The van der Waals surface area contributed by atoms with Gasteiger partial charge in [0.1, 0.15) is 11.6 Å². The van der Waals surface area contributed by atoms with Gasteiger partial charge in [-0.05, 0) is 134 Å². The van der Waals surface area contributed by atoms with Gasteiger partial charge in [-0.3, -0.25) is 0 Å². The molecule has 4 nitrogen and oxygen atoms in total. The van der Waals surface area contributed by atoms with Gasteiger partial charge in [0.2, 0.25) is 0 Å². The van der Waals surface area contributed by atoms with Crippen LogP contribution in [0.5, 0.6) is 5.06 Å². The Hall–Kier alpha value is -2.64. The number of rotatable bonds is 23. The van der Waals surface area contributed by atoms with Crippen molar-refractivity contribution >= 4 is 45.9 Å². The molecule has 1 fully saturated rings. The Kier molecular flexibility index (Phi) is 31.9. The minimum Gasteiger partial charge on any atom is -0.504 e. The van der Waals surface area contributed by atoms with Gasteiger partial charge in [-0.25, -0.2) is 8.78 Å². The number of unbranched alkanes of at least 4 members (excludes halogenated alkanes) is 10. The van der Waals surface area contributed by atoms with E-state index in [-0.39, 0.29) is 41.2 Å². The van der Waals surface area contributed by atoms with Crippen LogP contribution < -0.4 is 34.2 Å². The summed E-state index contributed by atoms with van der Waals surface area (Å²) in [6, 6.07) is 35.6. The SMILES string of the molecule is C1CCOC1.CCCCCCc1ccc(-c2ccc(-c3ccc(CCCCC)cc3)c(F)c2)s1.CCCCCCc1ccc(OB(O)O)s1.CCCCCc1ccc(-c2ccc(Br)cc2F)cc1.[Na+]. The van der Waals surface area contributed by atoms with E-state index in [4.69, 9.17) is 19.4 Å². The number of aryl methyl sites for hydroxylation is 4. The molecule has 6 aromatic rings. The van der Waals surface area contributed by atoms with Gasteiger partial charge in [0.25, 0.3) is 0 Å². The molecule has 0 amide bonds. The number of ether oxygens (including phenoxy) is 1. The standard InChI is InChI=1S/C27H33FS.C17H18BrF.C10H17BO3S.C4H8O.Na/c1-3-5-7-9-11-24-17-19-27(29-24)23-16-18-25(26(28)20-23)22-14-12-21(13-15-22)10-8-6-4-2;1-2-3-4-5-13-6-8-14(9-7-13)16-11-10-15(18)12-17(16)19;1-2-3-4-5-6-9-7-8-10(15-9)14-11(12)13;1-2-4-5-3-1;/h12-20H,3-11H2,1-2H3;6-12H,2-5H2,1H3;7-8,12-13H,2-6H2,1H3;1-4H2;/q;;;;+1. The maximum absolute atomic E-state index is 14.9. The van der Waals surface area contributed by atoms with Gasteiger partial charge < -0.3 is 19.4 Å². The van der Waals surface area contributed by atoms with Crippen LogP contribution in [0.3, 0.4) is 0 Å². The molecule has 11 heteroatoms. The van der Waals surface area contributed by atoms with Crippen LogP contribution >= 0.6 is 38.6 Å². The second-order valence-corrected chi connectivity index (χ2v) is 20.7. The van der Waals surface area contributed by atoms with E-state index >= 15 is 0 Å². The molecule has 0 unspecified atom stereocenters. The smallest absolute Gasteiger partial charge is 0.504 e. The second kappa shape index (κ2) is 36.3. The molecule has 2 N–H and O–H groups in total. The minimum atomic E-state index is -1.71. The first kappa shape index (κ1) is 60.7. The van der Waals surface area contributed by atoms with E-state index in [2.05, 4.69) is 98.2 Å². The van der Waals surface area contributed by atoms with E-state index in [0.717, 1.165) is 64.9 Å². The Morgan fingerprint density at radius 2 is 0.971 bits per heavy atom. The van der Waals surface area contributed by atoms with Gasteiger partial charge in [-0.15, -0.1) is 22.7 Å². The Balaban J connectivity index is 0.000000272. The van der Waals surface area contributed by atoms with Crippen LogP contribution in [-0.2, 0) is 30.4 Å². The molecule has 0 bridgehead atoms. The molecule has 2 aromatic heterocycles. The summed E-state index contributed by atoms with van der Waals surface area (Å²) in [5, 5.41) is 17.8. The Morgan fingerprint density at radius 3 is 1.43 bits per heavy atom. The van der Waals surface area contributed by atoms with Crippen LogP contribution in [0.2, 0.25) is 0 Å². The second-order valence-electron chi connectivity index (χ2n) is 17.5. The fourth-order valence-electron chi connectivity index (χ4n) is 7.78. The zero-order chi connectivity index (χ0) is 48.8. The van der Waals surface area contributed by atoms with Crippen molar-refractivity contribution in [1.82, 2.24) is 0 Å². The largest absolute Gasteiger partial charge is 1.00 e. The Bertz CT molecular complexity index is 2240. The summed E-state index contributed by atoms with van der Waals surface area (Å²) in [5.41, 5.74) is 6.88. The van der Waals surface area contributed by atoms with E-state index < -0.39 is 7.32 Å². The zero-order valence-corrected chi connectivity index (χ0v) is 47.4. The van der Waals surface area contributed by atoms with Gasteiger partial charge in [-0.1, -0.05) is 175 Å². The summed E-state index contributed by atoms with van der Waals surface area (Å²) in [4.78, 5) is 3.80. The number of hydrogen-bond acceptors (Lipinski definition) is 6. The monoisotopic (exact) mass is 1050 g/mol. The Morgan fingerprint density at radius 1 is 0.522 bits per heavy atom. The predicted octanol–water partition coefficient (Wildman–Crippen LogP) is 15.1. The van der Waals surface area contributed by atoms with Gasteiger partial charge in [0, 0.05) is 43.4 Å². The average molecular weight is 1050 g/mol. The molecule has 0 aliphatic carbocycles. The first-order valence-corrected chi connectivity index (χ1v) is 27.8. The molecule has 0 spiro atoms. The van der Waals surface area contributed by atoms with Crippen molar-refractivity contribution in [2.45, 2.75) is 156 Å². The molecule has 0 atom stereocenters. The molecule has 0 radical (unpaired) electrons. The molecule has 368 valence electrons. The molecule has 1 aliphatic rings. The molecule has 4 aromatic carbocycles. The third-order valence-corrected chi connectivity index (χ3v) is 14.5. The molecule has 1 aliphatic heterocycles. The molecule has 1 saturated heterocycles. The fourth-order valence-corrected chi connectivity index (χ4v) is 10.1. The van der Waals surface area contributed by atoms with E-state index in [0.29, 0.717) is 16.2 Å². The summed E-state index contributed by atoms with van der Waals surface area (Å²) >= 11 is 6.55. The molecular formula is C58H76BBrF2NaO4S2+. The number of thiophene rings is 2. The third-order valence-electron chi connectivity index (χ3n) is 11.8. The van der Waals surface area contributed by atoms with E-state index in [1.165, 1.54) is 141 Å². The summed E-state index contributed by atoms with van der Waals surface area (Å²) < 4.78 is 39.2. The quantitative estimate of drug-likeness (QED) is 0.0496. The fraction of sp³-hybridized carbons (Fsp3) is 0.448. The molecule has 69 heavy (non-hydrogen) atoms. The van der Waals surface area contributed by atoms with Gasteiger partial charge in [0.15, 0.2) is 5.06 Å². The van der Waals surface area contributed by atoms with Crippen molar-refractivity contribution in [3.63, 3.8) is 0 Å². The topological polar surface area (TPSA) is 58.9 Å². The van der Waals surface area contributed by atoms with E-state index in [1.807, 2.05) is 36.4 Å². The summed E-state index contributed by atoms with van der Waals surface area (Å²) in [5.74, 6) is -0.327. The first-order chi connectivity index (χ1) is 33.1. The van der Waals surface area contributed by atoms with Crippen molar-refractivity contribution in [1.29, 1.82) is 0 Å². The van der Waals surface area contributed by atoms with Crippen molar-refractivity contribution < 1.29 is 57.8 Å². The summed E-state index contributed by atoms with van der Waals surface area (Å²) in [7, 11) is -1.71. The number of benzene rings is 4. The average Bonchev–Trinajstić information content (AvgIpc) is 4.17. The van der Waals surface area contributed by atoms with Gasteiger partial charge in [0.05, 0.1) is 0 Å². The normalized spacial score (nSPS) is 11.6. The predicted molar refractivity (Wildman–Crippen MR) is 292 cm³/mol. The van der Waals surface area contributed by atoms with Crippen molar-refractivity contribution in [2.75, 3.05) is 13.2 Å². The molecular weight excluding hydrogens is 976 g/mol. The first-order valence-electron chi connectivity index (χ1n) is 25.3. The number of hydrogen-bond donors (Lipinski definition) is 2. The van der Waals surface area contributed by atoms with Crippen LogP contribution in [0.4, 0.5) is 8.78 Å². The summed E-state index contributed by atoms with van der Waals surface area (Å²) in [6.45, 7) is 10.9. The van der Waals surface area contributed by atoms with Crippen LogP contribution in [0, 0.1) is 11.6 Å². The van der Waals surface area contributed by atoms with E-state index in [1.54, 1.807) is 23.5 Å². The minimum absolute atomic E-state index is 0. The van der Waals surface area contributed by atoms with Gasteiger partial charge >= 0.3 is 36.9 Å². The maximum atomic E-state index is 14.9. The van der Waals surface area contributed by atoms with Crippen molar-refractivity contribution in [3.05, 3.63) is 146 Å². The Labute approximate surface area is 453 Å². The van der Waals surface area contributed by atoms with Crippen LogP contribution in [0.15, 0.2) is 114 Å². The van der Waals surface area contributed by atoms with Crippen LogP contribution in [0.1, 0.15) is 151 Å². The number of halogens is 3. The summed E-state index contributed by atoms with van der Waals surface area (Å²) in [6.07, 6.45) is 24.5. The van der Waals surface area contributed by atoms with Crippen molar-refractivity contribution in [2.24, 2.45) is 0 Å². The van der Waals surface area contributed by atoms with Gasteiger partial charge in [-0.2, -0.15) is 0 Å². The van der Waals surface area contributed by atoms with Crippen LogP contribution in [0.25, 0.3) is 32.7 Å². The zero-order valence-electron chi connectivity index (χ0n) is 42.2. The molecule has 7 rings (SSSR count). The third kappa shape index (κ3) is 24.1. The van der Waals surface area contributed by atoms with E-state index in [9.17, 15) is 8.78 Å². The molecule has 3 heterocycles. The maximum Gasteiger partial charge on any atom is 1.00 e. The molecule has 0 saturated carbocycles. The van der Waals surface area contributed by atoms with Crippen molar-refractivity contribution in [3.8, 4) is 37.8 Å².